The Kier molecular flexibility index (Phi) is 7.48. The number of hydrogen-bond acceptors (Lipinski definition) is 5. The summed E-state index contributed by atoms with van der Waals surface area (Å²) in [5.74, 6) is 0.0795. The quantitative estimate of drug-likeness (QED) is 0.250. The van der Waals surface area contributed by atoms with E-state index in [9.17, 15) is 9.59 Å². The van der Waals surface area contributed by atoms with E-state index in [4.69, 9.17) is 21.7 Å². The highest BCUT2D eigenvalue weighted by atomic mass is 79.9. The monoisotopic (exact) mass is 514 g/mol. The van der Waals surface area contributed by atoms with Crippen LogP contribution in [0.15, 0.2) is 53.0 Å². The van der Waals surface area contributed by atoms with Gasteiger partial charge in [0.2, 0.25) is 0 Å². The Morgan fingerprint density at radius 2 is 2.00 bits per heavy atom. The Hall–Kier alpha value is -2.97. The molecule has 1 heterocycles. The molecule has 1 fully saturated rings. The first-order chi connectivity index (χ1) is 15.3. The number of carbonyl (C=O) groups is 2. The summed E-state index contributed by atoms with van der Waals surface area (Å²) in [6, 6.07) is 9.06. The molecule has 0 unspecified atom stereocenters. The first-order valence-corrected chi connectivity index (χ1v) is 11.1. The van der Waals surface area contributed by atoms with Crippen LogP contribution in [0.4, 0.5) is 5.69 Å². The maximum absolute atomic E-state index is 13.4. The number of amides is 2. The van der Waals surface area contributed by atoms with Gasteiger partial charge >= 0.3 is 0 Å². The summed E-state index contributed by atoms with van der Waals surface area (Å²) in [5.41, 5.74) is 2.87. The predicted molar refractivity (Wildman–Crippen MR) is 133 cm³/mol. The van der Waals surface area contributed by atoms with E-state index in [1.807, 2.05) is 32.0 Å². The summed E-state index contributed by atoms with van der Waals surface area (Å²) in [7, 11) is 1.57. The van der Waals surface area contributed by atoms with E-state index in [0.29, 0.717) is 35.8 Å². The van der Waals surface area contributed by atoms with E-state index < -0.39 is 11.8 Å². The summed E-state index contributed by atoms with van der Waals surface area (Å²) in [5, 5.41) is 2.66. The SMILES string of the molecule is C=CCc1cc(/C=C2\C(=O)NC(=S)N(c3ccc(Br)cc3C)C2=O)cc(OCC)c1OC. The third kappa shape index (κ3) is 4.76. The van der Waals surface area contributed by atoms with Gasteiger partial charge in [-0.2, -0.15) is 0 Å². The van der Waals surface area contributed by atoms with Crippen LogP contribution in [0.1, 0.15) is 23.6 Å². The number of aryl methyl sites for hydroxylation is 1. The zero-order valence-corrected chi connectivity index (χ0v) is 20.4. The molecule has 1 aliphatic rings. The number of rotatable bonds is 7. The highest BCUT2D eigenvalue weighted by Crippen LogP contribution is 2.35. The Balaban J connectivity index is 2.10. The highest BCUT2D eigenvalue weighted by Gasteiger charge is 2.35. The van der Waals surface area contributed by atoms with Crippen molar-refractivity contribution >= 4 is 56.8 Å². The van der Waals surface area contributed by atoms with Crippen LogP contribution in [0.2, 0.25) is 0 Å². The summed E-state index contributed by atoms with van der Waals surface area (Å²) in [6.07, 6.45) is 3.82. The van der Waals surface area contributed by atoms with Crippen molar-refractivity contribution in [3.63, 3.8) is 0 Å². The Morgan fingerprint density at radius 1 is 1.25 bits per heavy atom. The van der Waals surface area contributed by atoms with Crippen molar-refractivity contribution in [1.82, 2.24) is 5.32 Å². The second-order valence-electron chi connectivity index (χ2n) is 7.03. The van der Waals surface area contributed by atoms with E-state index >= 15 is 0 Å². The summed E-state index contributed by atoms with van der Waals surface area (Å²) >= 11 is 8.72. The van der Waals surface area contributed by atoms with E-state index in [0.717, 1.165) is 15.6 Å². The Bertz CT molecular complexity index is 1140. The van der Waals surface area contributed by atoms with Crippen molar-refractivity contribution in [2.24, 2.45) is 0 Å². The zero-order chi connectivity index (χ0) is 23.4. The van der Waals surface area contributed by atoms with Gasteiger partial charge in [-0.1, -0.05) is 22.0 Å². The molecule has 1 N–H and O–H groups in total. The molecule has 1 aliphatic heterocycles. The van der Waals surface area contributed by atoms with E-state index in [-0.39, 0.29) is 10.7 Å². The minimum Gasteiger partial charge on any atom is -0.493 e. The molecule has 0 bridgehead atoms. The van der Waals surface area contributed by atoms with Crippen molar-refractivity contribution in [2.45, 2.75) is 20.3 Å². The maximum Gasteiger partial charge on any atom is 0.270 e. The minimum atomic E-state index is -0.551. The van der Waals surface area contributed by atoms with Crippen LogP contribution in [-0.4, -0.2) is 30.6 Å². The number of nitrogens with zero attached hydrogens (tertiary/aromatic N) is 1. The van der Waals surface area contributed by atoms with Crippen molar-refractivity contribution in [3.05, 3.63) is 69.7 Å². The van der Waals surface area contributed by atoms with E-state index in [2.05, 4.69) is 27.8 Å². The number of hydrogen-bond donors (Lipinski definition) is 1. The number of anilines is 1. The number of benzene rings is 2. The number of nitrogens with one attached hydrogen (secondary N) is 1. The van der Waals surface area contributed by atoms with Gasteiger partial charge in [0.1, 0.15) is 5.57 Å². The molecule has 6 nitrogen and oxygen atoms in total. The lowest BCUT2D eigenvalue weighted by Gasteiger charge is -2.30. The van der Waals surface area contributed by atoms with Crippen LogP contribution in [-0.2, 0) is 16.0 Å². The zero-order valence-electron chi connectivity index (χ0n) is 18.0. The molecule has 2 amide bonds. The van der Waals surface area contributed by atoms with E-state index in [1.165, 1.54) is 11.0 Å². The molecule has 2 aromatic rings. The lowest BCUT2D eigenvalue weighted by Crippen LogP contribution is -2.54. The van der Waals surface area contributed by atoms with Crippen LogP contribution in [0.25, 0.3) is 6.08 Å². The fourth-order valence-corrected chi connectivity index (χ4v) is 4.23. The Labute approximate surface area is 201 Å². The summed E-state index contributed by atoms with van der Waals surface area (Å²) in [4.78, 5) is 27.4. The third-order valence-electron chi connectivity index (χ3n) is 4.83. The summed E-state index contributed by atoms with van der Waals surface area (Å²) < 4.78 is 12.1. The fourth-order valence-electron chi connectivity index (χ4n) is 3.48. The van der Waals surface area contributed by atoms with Gasteiger partial charge in [-0.3, -0.25) is 19.8 Å². The number of ether oxygens (including phenoxy) is 2. The molecule has 166 valence electrons. The average molecular weight is 515 g/mol. The van der Waals surface area contributed by atoms with Crippen molar-refractivity contribution < 1.29 is 19.1 Å². The lowest BCUT2D eigenvalue weighted by molar-refractivity contribution is -0.122. The smallest absolute Gasteiger partial charge is 0.270 e. The van der Waals surface area contributed by atoms with Crippen LogP contribution < -0.4 is 19.7 Å². The third-order valence-corrected chi connectivity index (χ3v) is 5.61. The van der Waals surface area contributed by atoms with Gasteiger partial charge < -0.3 is 9.47 Å². The first-order valence-electron chi connectivity index (χ1n) is 9.92. The molecule has 0 atom stereocenters. The molecule has 8 heteroatoms. The molecule has 0 saturated carbocycles. The van der Waals surface area contributed by atoms with Gasteiger partial charge in [0.05, 0.1) is 19.4 Å². The number of thiocarbonyl (C=S) groups is 1. The highest BCUT2D eigenvalue weighted by molar-refractivity contribution is 9.10. The second kappa shape index (κ2) is 10.1. The number of halogens is 1. The van der Waals surface area contributed by atoms with Crippen LogP contribution in [0, 0.1) is 6.92 Å². The molecular formula is C24H23BrN2O4S. The van der Waals surface area contributed by atoms with Crippen LogP contribution in [0.5, 0.6) is 11.5 Å². The molecule has 1 saturated heterocycles. The topological polar surface area (TPSA) is 67.9 Å². The average Bonchev–Trinajstić information content (AvgIpc) is 2.73. The molecule has 2 aromatic carbocycles. The normalized spacial score (nSPS) is 15.1. The fraction of sp³-hybridized carbons (Fsp3) is 0.208. The molecule has 0 aliphatic carbocycles. The Morgan fingerprint density at radius 3 is 2.62 bits per heavy atom. The van der Waals surface area contributed by atoms with Gasteiger partial charge in [-0.05, 0) is 80.0 Å². The van der Waals surface area contributed by atoms with Gasteiger partial charge in [-0.25, -0.2) is 0 Å². The molecular weight excluding hydrogens is 492 g/mol. The second-order valence-corrected chi connectivity index (χ2v) is 8.33. The van der Waals surface area contributed by atoms with Crippen LogP contribution >= 0.6 is 28.1 Å². The number of methoxy groups -OCH3 is 1. The van der Waals surface area contributed by atoms with Gasteiger partial charge in [0, 0.05) is 10.0 Å². The minimum absolute atomic E-state index is 0.0295. The maximum atomic E-state index is 13.4. The van der Waals surface area contributed by atoms with E-state index in [1.54, 1.807) is 25.3 Å². The summed E-state index contributed by atoms with van der Waals surface area (Å²) in [6.45, 7) is 7.97. The van der Waals surface area contributed by atoms with Crippen molar-refractivity contribution in [3.8, 4) is 11.5 Å². The van der Waals surface area contributed by atoms with Crippen molar-refractivity contribution in [2.75, 3.05) is 18.6 Å². The largest absolute Gasteiger partial charge is 0.493 e. The predicted octanol–water partition coefficient (Wildman–Crippen LogP) is 4.72. The first kappa shape index (κ1) is 23.7. The lowest BCUT2D eigenvalue weighted by atomic mass is 10.0. The molecule has 3 rings (SSSR count). The van der Waals surface area contributed by atoms with Gasteiger partial charge in [-0.15, -0.1) is 6.58 Å². The molecule has 32 heavy (non-hydrogen) atoms. The van der Waals surface area contributed by atoms with Crippen molar-refractivity contribution in [1.29, 1.82) is 0 Å². The number of allylic oxidation sites excluding steroid dienone is 1. The van der Waals surface area contributed by atoms with Crippen LogP contribution in [0.3, 0.4) is 0 Å². The number of carbonyl (C=O) groups excluding carboxylic acids is 2. The molecule has 0 radical (unpaired) electrons. The standard InChI is InChI=1S/C24H23BrN2O4S/c1-5-7-16-11-15(13-20(31-6-2)21(16)30-4)12-18-22(28)26-24(32)27(23(18)29)19-9-8-17(25)10-14(19)3/h5,8-13H,1,6-7H2,2-4H3,(H,26,28,32)/b18-12+. The molecule has 0 spiro atoms. The van der Waals surface area contributed by atoms with Gasteiger partial charge in [0.15, 0.2) is 16.6 Å². The molecule has 0 aromatic heterocycles. The van der Waals surface area contributed by atoms with Gasteiger partial charge in [0.25, 0.3) is 11.8 Å².